The number of rotatable bonds is 3. The number of carbonyl (C=O) groups is 1. The number of nitrogens with zero attached hydrogens (tertiary/aromatic N) is 3. The average molecular weight is 408 g/mol. The molecule has 5 nitrogen and oxygen atoms in total. The molecule has 1 aliphatic heterocycles. The third kappa shape index (κ3) is 3.12. The minimum Gasteiger partial charge on any atom is -0.288 e. The molecule has 0 unspecified atom stereocenters. The number of amides is 1. The summed E-state index contributed by atoms with van der Waals surface area (Å²) in [4.78, 5) is 28.3. The molecule has 0 N–H and O–H groups in total. The molecule has 4 rings (SSSR count). The molecule has 0 saturated carbocycles. The highest BCUT2D eigenvalue weighted by Crippen LogP contribution is 2.45. The number of thioether (sulfide) groups is 1. The van der Waals surface area contributed by atoms with Gasteiger partial charge in [-0.25, -0.2) is 4.68 Å². The maximum atomic E-state index is 13.5. The topological polar surface area (TPSA) is 47.2 Å². The quantitative estimate of drug-likeness (QED) is 0.651. The molecule has 29 heavy (non-hydrogen) atoms. The molecule has 2 heterocycles. The fourth-order valence-electron chi connectivity index (χ4n) is 3.83. The molecule has 2 atom stereocenters. The Hall–Kier alpha value is -2.73. The van der Waals surface area contributed by atoms with E-state index in [1.165, 1.54) is 11.1 Å². The lowest BCUT2D eigenvalue weighted by Crippen LogP contribution is -2.34. The van der Waals surface area contributed by atoms with Crippen molar-refractivity contribution in [1.29, 1.82) is 0 Å². The van der Waals surface area contributed by atoms with Crippen LogP contribution in [0.15, 0.2) is 53.3 Å². The fraction of sp³-hybridized carbons (Fsp3) is 0.304. The van der Waals surface area contributed by atoms with Gasteiger partial charge in [-0.3, -0.25) is 19.2 Å². The minimum absolute atomic E-state index is 0.0239. The first kappa shape index (κ1) is 19.6. The molecular formula is C23H25N3O2S. The van der Waals surface area contributed by atoms with Gasteiger partial charge in [0.05, 0.1) is 16.6 Å². The van der Waals surface area contributed by atoms with E-state index in [1.807, 2.05) is 55.9 Å². The molecule has 0 aliphatic carbocycles. The summed E-state index contributed by atoms with van der Waals surface area (Å²) in [5.41, 5.74) is 5.28. The molecule has 1 saturated heterocycles. The Morgan fingerprint density at radius 1 is 0.931 bits per heavy atom. The van der Waals surface area contributed by atoms with Crippen molar-refractivity contribution in [3.05, 3.63) is 81.3 Å². The highest BCUT2D eigenvalue weighted by molar-refractivity contribution is 8.01. The molecule has 0 spiro atoms. The highest BCUT2D eigenvalue weighted by Gasteiger charge is 2.42. The highest BCUT2D eigenvalue weighted by atomic mass is 32.2. The van der Waals surface area contributed by atoms with Crippen molar-refractivity contribution >= 4 is 23.4 Å². The Morgan fingerprint density at radius 2 is 1.62 bits per heavy atom. The SMILES string of the molecule is Cc1ccc([C@@H]2S[C@@H](C)C(=O)N2c2c(C)n(C)n(-c3ccccc3)c2=O)cc1C. The third-order valence-corrected chi connectivity index (χ3v) is 7.08. The number of benzene rings is 2. The van der Waals surface area contributed by atoms with E-state index in [0.717, 1.165) is 16.9 Å². The number of aryl methyl sites for hydroxylation is 2. The van der Waals surface area contributed by atoms with Crippen LogP contribution in [0.1, 0.15) is 34.7 Å². The van der Waals surface area contributed by atoms with E-state index < -0.39 is 0 Å². The zero-order valence-electron chi connectivity index (χ0n) is 17.3. The first-order chi connectivity index (χ1) is 13.8. The first-order valence-corrected chi connectivity index (χ1v) is 10.6. The van der Waals surface area contributed by atoms with Crippen LogP contribution in [0.4, 0.5) is 5.69 Å². The van der Waals surface area contributed by atoms with E-state index in [2.05, 4.69) is 32.0 Å². The van der Waals surface area contributed by atoms with E-state index in [-0.39, 0.29) is 22.1 Å². The Labute approximate surface area is 174 Å². The van der Waals surface area contributed by atoms with Crippen LogP contribution in [0, 0.1) is 20.8 Å². The van der Waals surface area contributed by atoms with Crippen molar-refractivity contribution in [2.75, 3.05) is 4.90 Å². The molecule has 1 aliphatic rings. The smallest absolute Gasteiger partial charge is 0.288 e. The van der Waals surface area contributed by atoms with Crippen molar-refractivity contribution in [1.82, 2.24) is 9.36 Å². The Morgan fingerprint density at radius 3 is 2.28 bits per heavy atom. The Bertz CT molecular complexity index is 1150. The minimum atomic E-state index is -0.213. The lowest BCUT2D eigenvalue weighted by atomic mass is 10.1. The Kier molecular flexibility index (Phi) is 4.90. The van der Waals surface area contributed by atoms with E-state index >= 15 is 0 Å². The summed E-state index contributed by atoms with van der Waals surface area (Å²) in [5.74, 6) is -0.0239. The summed E-state index contributed by atoms with van der Waals surface area (Å²) in [5, 5.41) is -0.416. The van der Waals surface area contributed by atoms with Gasteiger partial charge in [-0.15, -0.1) is 11.8 Å². The van der Waals surface area contributed by atoms with Crippen LogP contribution in [-0.2, 0) is 11.8 Å². The molecule has 0 radical (unpaired) electrons. The molecular weight excluding hydrogens is 382 g/mol. The van der Waals surface area contributed by atoms with Crippen molar-refractivity contribution in [2.45, 2.75) is 38.3 Å². The van der Waals surface area contributed by atoms with Crippen LogP contribution in [0.25, 0.3) is 5.69 Å². The molecule has 150 valence electrons. The van der Waals surface area contributed by atoms with E-state index in [1.54, 1.807) is 21.3 Å². The second-order valence-electron chi connectivity index (χ2n) is 7.59. The molecule has 6 heteroatoms. The summed E-state index contributed by atoms with van der Waals surface area (Å²) in [6.07, 6.45) is 0. The number of carbonyl (C=O) groups excluding carboxylic acids is 1. The lowest BCUT2D eigenvalue weighted by molar-refractivity contribution is -0.117. The Balaban J connectivity index is 1.89. The number of aromatic nitrogens is 2. The molecule has 1 fully saturated rings. The van der Waals surface area contributed by atoms with Crippen molar-refractivity contribution < 1.29 is 4.79 Å². The molecule has 1 amide bonds. The van der Waals surface area contributed by atoms with E-state index in [9.17, 15) is 9.59 Å². The van der Waals surface area contributed by atoms with Gasteiger partial charge in [0.2, 0.25) is 5.91 Å². The van der Waals surface area contributed by atoms with E-state index in [0.29, 0.717) is 5.69 Å². The van der Waals surface area contributed by atoms with Crippen LogP contribution in [0.2, 0.25) is 0 Å². The van der Waals surface area contributed by atoms with Gasteiger partial charge in [0.25, 0.3) is 5.56 Å². The predicted molar refractivity (Wildman–Crippen MR) is 119 cm³/mol. The van der Waals surface area contributed by atoms with Crippen LogP contribution in [-0.4, -0.2) is 20.5 Å². The van der Waals surface area contributed by atoms with Gasteiger partial charge in [-0.1, -0.05) is 36.4 Å². The summed E-state index contributed by atoms with van der Waals surface area (Å²) in [6, 6.07) is 15.8. The zero-order valence-corrected chi connectivity index (χ0v) is 18.2. The van der Waals surface area contributed by atoms with Crippen LogP contribution in [0.3, 0.4) is 0 Å². The second-order valence-corrected chi connectivity index (χ2v) is 9.02. The van der Waals surface area contributed by atoms with Crippen molar-refractivity contribution in [3.8, 4) is 5.69 Å². The first-order valence-electron chi connectivity index (χ1n) is 9.71. The van der Waals surface area contributed by atoms with Crippen molar-refractivity contribution in [2.24, 2.45) is 7.05 Å². The zero-order chi connectivity index (χ0) is 20.9. The standard InChI is InChI=1S/C23H25N3O2S/c1-14-11-12-18(13-15(14)2)23-25(21(27)17(4)29-23)20-16(3)24(5)26(22(20)28)19-9-7-6-8-10-19/h6-13,17,23H,1-5H3/t17-,23-/m0/s1. The third-order valence-electron chi connectivity index (χ3n) is 5.73. The average Bonchev–Trinajstić information content (AvgIpc) is 3.11. The van der Waals surface area contributed by atoms with Crippen LogP contribution >= 0.6 is 11.8 Å². The maximum Gasteiger partial charge on any atom is 0.295 e. The summed E-state index contributed by atoms with van der Waals surface area (Å²) in [6.45, 7) is 7.96. The summed E-state index contributed by atoms with van der Waals surface area (Å²) in [7, 11) is 1.86. The molecule has 3 aromatic rings. The van der Waals surface area contributed by atoms with Gasteiger partial charge in [0, 0.05) is 7.05 Å². The van der Waals surface area contributed by atoms with Crippen molar-refractivity contribution in [3.63, 3.8) is 0 Å². The van der Waals surface area contributed by atoms with Crippen LogP contribution < -0.4 is 10.5 Å². The van der Waals surface area contributed by atoms with Gasteiger partial charge in [-0.2, -0.15) is 0 Å². The molecule has 2 aromatic carbocycles. The molecule has 1 aromatic heterocycles. The van der Waals surface area contributed by atoms with Crippen LogP contribution in [0.5, 0.6) is 0 Å². The van der Waals surface area contributed by atoms with E-state index in [4.69, 9.17) is 0 Å². The number of anilines is 1. The van der Waals surface area contributed by atoms with Gasteiger partial charge in [0.1, 0.15) is 11.1 Å². The number of hydrogen-bond donors (Lipinski definition) is 0. The summed E-state index contributed by atoms with van der Waals surface area (Å²) < 4.78 is 3.45. The number of hydrogen-bond acceptors (Lipinski definition) is 3. The number of para-hydroxylation sites is 1. The summed E-state index contributed by atoms with van der Waals surface area (Å²) >= 11 is 1.59. The lowest BCUT2D eigenvalue weighted by Gasteiger charge is -2.23. The van der Waals surface area contributed by atoms with Gasteiger partial charge in [-0.05, 0) is 56.5 Å². The van der Waals surface area contributed by atoms with Gasteiger partial charge in [0.15, 0.2) is 0 Å². The predicted octanol–water partition coefficient (Wildman–Crippen LogP) is 4.27. The van der Waals surface area contributed by atoms with Gasteiger partial charge < -0.3 is 0 Å². The second kappa shape index (κ2) is 7.26. The normalized spacial score (nSPS) is 19.2. The fourth-order valence-corrected chi connectivity index (χ4v) is 5.08. The largest absolute Gasteiger partial charge is 0.295 e. The molecule has 0 bridgehead atoms. The monoisotopic (exact) mass is 407 g/mol. The van der Waals surface area contributed by atoms with Gasteiger partial charge >= 0.3 is 0 Å². The maximum absolute atomic E-state index is 13.5.